The van der Waals surface area contributed by atoms with Crippen LogP contribution in [0.5, 0.6) is 0 Å². The van der Waals surface area contributed by atoms with E-state index in [1.165, 1.54) is 12.0 Å². The lowest BCUT2D eigenvalue weighted by Gasteiger charge is -2.26. The molecule has 0 spiro atoms. The van der Waals surface area contributed by atoms with Gasteiger partial charge in [-0.15, -0.1) is 0 Å². The Morgan fingerprint density at radius 3 is 2.33 bits per heavy atom. The normalized spacial score (nSPS) is 10.9. The maximum atomic E-state index is 11.8. The van der Waals surface area contributed by atoms with E-state index in [0.717, 1.165) is 0 Å². The summed E-state index contributed by atoms with van der Waals surface area (Å²) in [4.78, 5) is 24.6. The Morgan fingerprint density at radius 1 is 1.28 bits per heavy atom. The van der Waals surface area contributed by atoms with Gasteiger partial charge in [0.25, 0.3) is 0 Å². The van der Waals surface area contributed by atoms with E-state index in [1.54, 1.807) is 0 Å². The van der Waals surface area contributed by atoms with Crippen molar-refractivity contribution in [1.29, 1.82) is 0 Å². The number of methoxy groups -OCH3 is 1. The van der Waals surface area contributed by atoms with Crippen molar-refractivity contribution in [2.24, 2.45) is 0 Å². The molecule has 0 heterocycles. The molecule has 0 saturated heterocycles. The zero-order chi connectivity index (χ0) is 14.2. The SMILES string of the molecule is CCN(CCC(=O)NCOC)C(=O)OC(C)(C)C. The van der Waals surface area contributed by atoms with Crippen LogP contribution < -0.4 is 5.32 Å². The number of carbonyl (C=O) groups excluding carboxylic acids is 2. The smallest absolute Gasteiger partial charge is 0.410 e. The molecule has 0 aliphatic rings. The van der Waals surface area contributed by atoms with Gasteiger partial charge in [-0.3, -0.25) is 4.79 Å². The zero-order valence-corrected chi connectivity index (χ0v) is 11.9. The third-order valence-electron chi connectivity index (χ3n) is 2.06. The molecule has 0 aromatic carbocycles. The molecule has 0 fully saturated rings. The fourth-order valence-corrected chi connectivity index (χ4v) is 1.18. The molecule has 6 nitrogen and oxygen atoms in total. The number of hydrogen-bond acceptors (Lipinski definition) is 4. The second kappa shape index (κ2) is 7.92. The van der Waals surface area contributed by atoms with E-state index in [0.29, 0.717) is 13.1 Å². The fourth-order valence-electron chi connectivity index (χ4n) is 1.18. The van der Waals surface area contributed by atoms with Gasteiger partial charge in [0.05, 0.1) is 0 Å². The van der Waals surface area contributed by atoms with Gasteiger partial charge in [-0.05, 0) is 27.7 Å². The van der Waals surface area contributed by atoms with Crippen molar-refractivity contribution in [2.45, 2.75) is 39.7 Å². The summed E-state index contributed by atoms with van der Waals surface area (Å²) in [6.07, 6.45) is -0.166. The highest BCUT2D eigenvalue weighted by Gasteiger charge is 2.21. The summed E-state index contributed by atoms with van der Waals surface area (Å²) in [7, 11) is 1.50. The Hall–Kier alpha value is -1.30. The largest absolute Gasteiger partial charge is 0.444 e. The summed E-state index contributed by atoms with van der Waals surface area (Å²) < 4.78 is 9.96. The van der Waals surface area contributed by atoms with Crippen molar-refractivity contribution in [2.75, 3.05) is 26.9 Å². The predicted molar refractivity (Wildman–Crippen MR) is 68.1 cm³/mol. The number of hydrogen-bond donors (Lipinski definition) is 1. The van der Waals surface area contributed by atoms with Crippen molar-refractivity contribution in [1.82, 2.24) is 10.2 Å². The monoisotopic (exact) mass is 260 g/mol. The first-order chi connectivity index (χ1) is 8.30. The third kappa shape index (κ3) is 7.89. The lowest BCUT2D eigenvalue weighted by Crippen LogP contribution is -2.39. The van der Waals surface area contributed by atoms with Crippen LogP contribution in [0.15, 0.2) is 0 Å². The molecule has 0 radical (unpaired) electrons. The van der Waals surface area contributed by atoms with E-state index in [-0.39, 0.29) is 19.1 Å². The third-order valence-corrected chi connectivity index (χ3v) is 2.06. The molecule has 0 aromatic rings. The standard InChI is InChI=1S/C12H24N2O4/c1-6-14(11(16)18-12(2,3)4)8-7-10(15)13-9-17-5/h6-9H2,1-5H3,(H,13,15). The van der Waals surface area contributed by atoms with Crippen LogP contribution in [0.3, 0.4) is 0 Å². The summed E-state index contributed by atoms with van der Waals surface area (Å²) in [5.41, 5.74) is -0.525. The van der Waals surface area contributed by atoms with E-state index in [9.17, 15) is 9.59 Å². The van der Waals surface area contributed by atoms with Crippen LogP contribution in [-0.2, 0) is 14.3 Å². The minimum atomic E-state index is -0.525. The van der Waals surface area contributed by atoms with Crippen LogP contribution >= 0.6 is 0 Å². The minimum absolute atomic E-state index is 0.154. The van der Waals surface area contributed by atoms with Gasteiger partial charge >= 0.3 is 6.09 Å². The highest BCUT2D eigenvalue weighted by molar-refractivity contribution is 5.76. The molecule has 2 amide bonds. The Morgan fingerprint density at radius 2 is 1.89 bits per heavy atom. The van der Waals surface area contributed by atoms with Gasteiger partial charge < -0.3 is 19.7 Å². The number of ether oxygens (including phenoxy) is 2. The van der Waals surface area contributed by atoms with Crippen molar-refractivity contribution in [3.8, 4) is 0 Å². The van der Waals surface area contributed by atoms with Crippen molar-refractivity contribution in [3.63, 3.8) is 0 Å². The fraction of sp³-hybridized carbons (Fsp3) is 0.833. The summed E-state index contributed by atoms with van der Waals surface area (Å²) in [6, 6.07) is 0. The molecule has 0 aliphatic carbocycles. The van der Waals surface area contributed by atoms with E-state index in [1.807, 2.05) is 27.7 Å². The number of carbonyl (C=O) groups is 2. The molecule has 0 rings (SSSR count). The highest BCUT2D eigenvalue weighted by Crippen LogP contribution is 2.10. The molecule has 0 unspecified atom stereocenters. The summed E-state index contributed by atoms with van der Waals surface area (Å²) >= 11 is 0. The number of amides is 2. The number of nitrogens with one attached hydrogen (secondary N) is 1. The van der Waals surface area contributed by atoms with E-state index >= 15 is 0 Å². The molecular weight excluding hydrogens is 236 g/mol. The Kier molecular flexibility index (Phi) is 7.35. The summed E-state index contributed by atoms with van der Waals surface area (Å²) in [5, 5.41) is 2.56. The molecule has 0 bridgehead atoms. The molecule has 6 heteroatoms. The minimum Gasteiger partial charge on any atom is -0.444 e. The highest BCUT2D eigenvalue weighted by atomic mass is 16.6. The van der Waals surface area contributed by atoms with Crippen LogP contribution in [-0.4, -0.2) is 49.4 Å². The van der Waals surface area contributed by atoms with Crippen LogP contribution in [0.1, 0.15) is 34.1 Å². The van der Waals surface area contributed by atoms with Gasteiger partial charge in [0.15, 0.2) is 0 Å². The maximum Gasteiger partial charge on any atom is 0.410 e. The van der Waals surface area contributed by atoms with Gasteiger partial charge in [-0.2, -0.15) is 0 Å². The quantitative estimate of drug-likeness (QED) is 0.732. The first kappa shape index (κ1) is 16.7. The predicted octanol–water partition coefficient (Wildman–Crippen LogP) is 1.35. The van der Waals surface area contributed by atoms with E-state index < -0.39 is 11.7 Å². The average molecular weight is 260 g/mol. The molecule has 0 aromatic heterocycles. The van der Waals surface area contributed by atoms with E-state index in [2.05, 4.69) is 5.32 Å². The lowest BCUT2D eigenvalue weighted by molar-refractivity contribution is -0.122. The van der Waals surface area contributed by atoms with Crippen LogP contribution in [0, 0.1) is 0 Å². The second-order valence-corrected chi connectivity index (χ2v) is 4.84. The maximum absolute atomic E-state index is 11.8. The van der Waals surface area contributed by atoms with Gasteiger partial charge in [0, 0.05) is 26.6 Å². The average Bonchev–Trinajstić information content (AvgIpc) is 2.24. The van der Waals surface area contributed by atoms with Gasteiger partial charge in [0.1, 0.15) is 12.3 Å². The topological polar surface area (TPSA) is 67.9 Å². The molecule has 0 saturated carbocycles. The van der Waals surface area contributed by atoms with Gasteiger partial charge in [0.2, 0.25) is 5.91 Å². The number of nitrogens with zero attached hydrogens (tertiary/aromatic N) is 1. The van der Waals surface area contributed by atoms with Gasteiger partial charge in [-0.25, -0.2) is 4.79 Å². The number of rotatable bonds is 6. The molecule has 18 heavy (non-hydrogen) atoms. The Bertz CT molecular complexity index is 274. The summed E-state index contributed by atoms with van der Waals surface area (Å²) in [5.74, 6) is -0.154. The molecule has 1 N–H and O–H groups in total. The molecule has 106 valence electrons. The Labute approximate surface area is 109 Å². The first-order valence-corrected chi connectivity index (χ1v) is 6.03. The lowest BCUT2D eigenvalue weighted by atomic mass is 10.2. The van der Waals surface area contributed by atoms with Crippen molar-refractivity contribution in [3.05, 3.63) is 0 Å². The van der Waals surface area contributed by atoms with E-state index in [4.69, 9.17) is 9.47 Å². The second-order valence-electron chi connectivity index (χ2n) is 4.84. The Balaban J connectivity index is 4.11. The van der Waals surface area contributed by atoms with Crippen LogP contribution in [0.4, 0.5) is 4.79 Å². The van der Waals surface area contributed by atoms with Crippen molar-refractivity contribution >= 4 is 12.0 Å². The van der Waals surface area contributed by atoms with Crippen LogP contribution in [0.25, 0.3) is 0 Å². The summed E-state index contributed by atoms with van der Waals surface area (Å²) in [6.45, 7) is 8.29. The zero-order valence-electron chi connectivity index (χ0n) is 11.9. The molecule has 0 atom stereocenters. The molecule has 0 aliphatic heterocycles. The first-order valence-electron chi connectivity index (χ1n) is 6.03. The van der Waals surface area contributed by atoms with Crippen molar-refractivity contribution < 1.29 is 19.1 Å². The van der Waals surface area contributed by atoms with Crippen LogP contribution in [0.2, 0.25) is 0 Å². The van der Waals surface area contributed by atoms with Gasteiger partial charge in [-0.1, -0.05) is 0 Å². The molecular formula is C12H24N2O4.